The van der Waals surface area contributed by atoms with Crippen LogP contribution in [0, 0.1) is 0 Å². The van der Waals surface area contributed by atoms with Gasteiger partial charge in [-0.25, -0.2) is 9.78 Å². The Morgan fingerprint density at radius 1 is 1.28 bits per heavy atom. The summed E-state index contributed by atoms with van der Waals surface area (Å²) in [4.78, 5) is 29.2. The number of piperidine rings is 1. The third-order valence-electron chi connectivity index (χ3n) is 4.64. The summed E-state index contributed by atoms with van der Waals surface area (Å²) in [6, 6.07) is -0.245. The number of rotatable bonds is 4. The number of aryl methyl sites for hydroxylation is 1. The van der Waals surface area contributed by atoms with Crippen LogP contribution in [0.1, 0.15) is 45.9 Å². The maximum Gasteiger partial charge on any atom is 0.425 e. The van der Waals surface area contributed by atoms with Gasteiger partial charge in [-0.1, -0.05) is 0 Å². The normalized spacial score (nSPS) is 18.3. The molecular formula is C18H27F3N4O4. The summed E-state index contributed by atoms with van der Waals surface area (Å²) in [7, 11) is 1.32. The van der Waals surface area contributed by atoms with E-state index in [9.17, 15) is 27.9 Å². The molecule has 11 heteroatoms. The Morgan fingerprint density at radius 3 is 2.31 bits per heavy atom. The molecule has 8 nitrogen and oxygen atoms in total. The maximum absolute atomic E-state index is 13.6. The lowest BCUT2D eigenvalue weighted by atomic mass is 9.95. The van der Waals surface area contributed by atoms with Gasteiger partial charge in [0.15, 0.2) is 5.82 Å². The van der Waals surface area contributed by atoms with Crippen LogP contribution in [0.25, 0.3) is 0 Å². The van der Waals surface area contributed by atoms with Crippen LogP contribution in [-0.4, -0.2) is 62.5 Å². The summed E-state index contributed by atoms with van der Waals surface area (Å²) in [5, 5.41) is 13.0. The fourth-order valence-corrected chi connectivity index (χ4v) is 3.15. The van der Waals surface area contributed by atoms with Crippen LogP contribution >= 0.6 is 0 Å². The number of aromatic nitrogens is 2. The molecule has 2 amide bonds. The second kappa shape index (κ2) is 8.21. The predicted octanol–water partition coefficient (Wildman–Crippen LogP) is 2.08. The molecule has 2 N–H and O–H groups in total. The summed E-state index contributed by atoms with van der Waals surface area (Å²) in [5.74, 6) is -1.47. The highest BCUT2D eigenvalue weighted by Crippen LogP contribution is 2.41. The SMILES string of the molecule is Cn1ccnc1C(O)(CC(=O)N1CCC(NC(=O)OC(C)(C)C)CC1)C(F)(F)F. The molecule has 1 aromatic heterocycles. The van der Waals surface area contributed by atoms with E-state index in [4.69, 9.17) is 4.74 Å². The van der Waals surface area contributed by atoms with E-state index in [1.165, 1.54) is 18.1 Å². The summed E-state index contributed by atoms with van der Waals surface area (Å²) in [6.07, 6.45) is -3.67. The summed E-state index contributed by atoms with van der Waals surface area (Å²) in [6.45, 7) is 5.52. The zero-order valence-electron chi connectivity index (χ0n) is 16.9. The first kappa shape index (κ1) is 23.0. The van der Waals surface area contributed by atoms with E-state index in [-0.39, 0.29) is 19.1 Å². The van der Waals surface area contributed by atoms with E-state index in [1.54, 1.807) is 20.8 Å². The average molecular weight is 420 g/mol. The number of ether oxygens (including phenoxy) is 1. The Balaban J connectivity index is 1.98. The van der Waals surface area contributed by atoms with Gasteiger partial charge in [0.25, 0.3) is 0 Å². The molecule has 2 heterocycles. The van der Waals surface area contributed by atoms with Crippen molar-refractivity contribution in [3.8, 4) is 0 Å². The third-order valence-corrected chi connectivity index (χ3v) is 4.64. The molecule has 2 rings (SSSR count). The number of hydrogen-bond acceptors (Lipinski definition) is 5. The number of alkyl halides is 3. The van der Waals surface area contributed by atoms with Crippen molar-refractivity contribution < 1.29 is 32.6 Å². The number of amides is 2. The molecule has 1 unspecified atom stereocenters. The number of likely N-dealkylation sites (tertiary alicyclic amines) is 1. The van der Waals surface area contributed by atoms with Gasteiger partial charge in [0.1, 0.15) is 5.60 Å². The lowest BCUT2D eigenvalue weighted by Gasteiger charge is -2.35. The van der Waals surface area contributed by atoms with Crippen molar-refractivity contribution in [2.24, 2.45) is 7.05 Å². The third kappa shape index (κ3) is 5.62. The number of nitrogens with zero attached hydrogens (tertiary/aromatic N) is 3. The van der Waals surface area contributed by atoms with Gasteiger partial charge in [0, 0.05) is 38.6 Å². The van der Waals surface area contributed by atoms with E-state index < -0.39 is 41.6 Å². The first-order chi connectivity index (χ1) is 13.2. The largest absolute Gasteiger partial charge is 0.444 e. The quantitative estimate of drug-likeness (QED) is 0.778. The first-order valence-corrected chi connectivity index (χ1v) is 9.27. The molecule has 1 saturated heterocycles. The van der Waals surface area contributed by atoms with Crippen molar-refractivity contribution in [2.45, 2.75) is 63.5 Å². The van der Waals surface area contributed by atoms with Crippen molar-refractivity contribution in [3.05, 3.63) is 18.2 Å². The molecule has 164 valence electrons. The Hall–Kier alpha value is -2.30. The Labute approximate surface area is 167 Å². The molecule has 29 heavy (non-hydrogen) atoms. The van der Waals surface area contributed by atoms with Crippen LogP contribution in [0.2, 0.25) is 0 Å². The number of hydrogen-bond donors (Lipinski definition) is 2. The minimum absolute atomic E-state index is 0.161. The number of imidazole rings is 1. The zero-order chi connectivity index (χ0) is 22.0. The molecule has 1 fully saturated rings. The minimum Gasteiger partial charge on any atom is -0.444 e. The molecule has 0 aliphatic carbocycles. The van der Waals surface area contributed by atoms with E-state index >= 15 is 0 Å². The van der Waals surface area contributed by atoms with Gasteiger partial charge in [0.05, 0.1) is 6.42 Å². The molecule has 1 aliphatic heterocycles. The van der Waals surface area contributed by atoms with E-state index in [0.717, 1.165) is 10.8 Å². The second-order valence-electron chi connectivity index (χ2n) is 8.20. The molecule has 0 bridgehead atoms. The lowest BCUT2D eigenvalue weighted by Crippen LogP contribution is -2.51. The number of alkyl carbamates (subject to hydrolysis) is 1. The monoisotopic (exact) mass is 420 g/mol. The van der Waals surface area contributed by atoms with Gasteiger partial charge in [0.2, 0.25) is 11.5 Å². The van der Waals surface area contributed by atoms with E-state index in [2.05, 4.69) is 10.3 Å². The van der Waals surface area contributed by atoms with Crippen molar-refractivity contribution >= 4 is 12.0 Å². The summed E-state index contributed by atoms with van der Waals surface area (Å²) >= 11 is 0. The topological polar surface area (TPSA) is 96.7 Å². The van der Waals surface area contributed by atoms with Gasteiger partial charge in [-0.3, -0.25) is 4.79 Å². The van der Waals surface area contributed by atoms with Crippen LogP contribution < -0.4 is 5.32 Å². The van der Waals surface area contributed by atoms with Gasteiger partial charge >= 0.3 is 12.3 Å². The number of carbonyl (C=O) groups is 2. The second-order valence-corrected chi connectivity index (χ2v) is 8.20. The lowest BCUT2D eigenvalue weighted by molar-refractivity contribution is -0.272. The predicted molar refractivity (Wildman–Crippen MR) is 96.7 cm³/mol. The van der Waals surface area contributed by atoms with E-state index in [1.807, 2.05) is 0 Å². The average Bonchev–Trinajstić information content (AvgIpc) is 2.99. The van der Waals surface area contributed by atoms with Crippen LogP contribution in [-0.2, 0) is 22.2 Å². The molecule has 1 aliphatic rings. The van der Waals surface area contributed by atoms with Crippen LogP contribution in [0.3, 0.4) is 0 Å². The molecular weight excluding hydrogens is 393 g/mol. The highest BCUT2D eigenvalue weighted by Gasteiger charge is 2.59. The van der Waals surface area contributed by atoms with Crippen molar-refractivity contribution in [3.63, 3.8) is 0 Å². The van der Waals surface area contributed by atoms with Crippen molar-refractivity contribution in [2.75, 3.05) is 13.1 Å². The number of halogens is 3. The smallest absolute Gasteiger partial charge is 0.425 e. The molecule has 0 saturated carbocycles. The number of nitrogens with one attached hydrogen (secondary N) is 1. The first-order valence-electron chi connectivity index (χ1n) is 9.27. The molecule has 0 aromatic carbocycles. The van der Waals surface area contributed by atoms with Gasteiger partial charge in [-0.2, -0.15) is 13.2 Å². The highest BCUT2D eigenvalue weighted by atomic mass is 19.4. The van der Waals surface area contributed by atoms with Crippen LogP contribution in [0.4, 0.5) is 18.0 Å². The molecule has 0 spiro atoms. The molecule has 1 atom stereocenters. The Bertz CT molecular complexity index is 736. The minimum atomic E-state index is -5.07. The van der Waals surface area contributed by atoms with Crippen LogP contribution in [0.15, 0.2) is 12.4 Å². The van der Waals surface area contributed by atoms with Crippen LogP contribution in [0.5, 0.6) is 0 Å². The van der Waals surface area contributed by atoms with E-state index in [0.29, 0.717) is 12.8 Å². The zero-order valence-corrected chi connectivity index (χ0v) is 16.9. The Kier molecular flexibility index (Phi) is 6.51. The van der Waals surface area contributed by atoms with Gasteiger partial charge in [-0.05, 0) is 33.6 Å². The fraction of sp³-hybridized carbons (Fsp3) is 0.722. The highest BCUT2D eigenvalue weighted by molar-refractivity contribution is 5.77. The Morgan fingerprint density at radius 2 is 1.86 bits per heavy atom. The fourth-order valence-electron chi connectivity index (χ4n) is 3.15. The summed E-state index contributed by atoms with van der Waals surface area (Å²) < 4.78 is 47.0. The summed E-state index contributed by atoms with van der Waals surface area (Å²) in [5.41, 5.74) is -4.03. The van der Waals surface area contributed by atoms with Crippen molar-refractivity contribution in [1.29, 1.82) is 0 Å². The standard InChI is InChI=1S/C18H27F3N4O4/c1-16(2,3)29-15(27)23-12-5-8-25(9-6-12)13(26)11-17(28,18(19,20)21)14-22-7-10-24(14)4/h7,10,12,28H,5-6,8-9,11H2,1-4H3,(H,23,27). The van der Waals surface area contributed by atoms with Crippen molar-refractivity contribution in [1.82, 2.24) is 19.8 Å². The van der Waals surface area contributed by atoms with Gasteiger partial charge in [-0.15, -0.1) is 0 Å². The number of aliphatic hydroxyl groups is 1. The molecule has 0 radical (unpaired) electrons. The molecule has 1 aromatic rings. The number of carbonyl (C=O) groups excluding carboxylic acids is 2. The van der Waals surface area contributed by atoms with Gasteiger partial charge < -0.3 is 24.6 Å². The maximum atomic E-state index is 13.6.